The summed E-state index contributed by atoms with van der Waals surface area (Å²) in [4.78, 5) is 57.6. The Morgan fingerprint density at radius 2 is 1.67 bits per heavy atom. The Balaban J connectivity index is 0.851. The van der Waals surface area contributed by atoms with E-state index in [1.165, 1.54) is 19.2 Å². The number of fused-ring (bicyclic) bond motifs is 1. The number of nitrogens with one attached hydrogen (secondary N) is 4. The number of anilines is 3. The fourth-order valence-electron chi connectivity index (χ4n) is 7.84. The maximum absolute atomic E-state index is 13.3. The van der Waals surface area contributed by atoms with Crippen molar-refractivity contribution in [2.45, 2.75) is 44.4 Å². The maximum Gasteiger partial charge on any atom is 0.411 e. The number of aromatic hydroxyl groups is 1. The van der Waals surface area contributed by atoms with Crippen molar-refractivity contribution < 1.29 is 34.1 Å². The number of ether oxygens (including phenoxy) is 2. The molecular weight excluding hydrogens is 836 g/mol. The first-order chi connectivity index (χ1) is 30.9. The number of phenols is 1. The first-order valence-corrected chi connectivity index (χ1v) is 21.4. The van der Waals surface area contributed by atoms with Gasteiger partial charge in [-0.15, -0.1) is 0 Å². The van der Waals surface area contributed by atoms with Gasteiger partial charge in [0.2, 0.25) is 17.4 Å². The zero-order valence-corrected chi connectivity index (χ0v) is 36.4. The molecule has 1 aromatic heterocycles. The van der Waals surface area contributed by atoms with E-state index in [0.29, 0.717) is 88.8 Å². The van der Waals surface area contributed by atoms with Gasteiger partial charge >= 0.3 is 6.09 Å². The van der Waals surface area contributed by atoms with Gasteiger partial charge < -0.3 is 45.1 Å². The van der Waals surface area contributed by atoms with Crippen LogP contribution in [0.4, 0.5) is 21.9 Å². The standard InChI is InChI=1S/C49H51ClN6O8/c1-55(47(61)21-24-56-22-19-35(20-23-56)64-49(62)53-40-14-7-6-13-36(40)32-10-4-3-5-11-32)34-12-8-9-31(25-34)26-46(60)52-41-28-44(63-2)33(27-39(41)50)29-51-30-43(58)37-15-17-42(57)48-38(37)16-18-45(59)54-48/h3-18,25,27-28,35,43,51,57-58H,19-24,26,29-30H2,1-2H3,(H,52,60)(H,53,62)(H,54,59). The molecule has 6 aromatic rings. The van der Waals surface area contributed by atoms with Crippen molar-refractivity contribution >= 4 is 57.5 Å². The number of H-pyrrole nitrogens is 1. The van der Waals surface area contributed by atoms with E-state index in [1.54, 1.807) is 36.2 Å². The van der Waals surface area contributed by atoms with Crippen LogP contribution in [0, 0.1) is 0 Å². The Bertz CT molecular complexity index is 2670. The predicted molar refractivity (Wildman–Crippen MR) is 249 cm³/mol. The van der Waals surface area contributed by atoms with E-state index in [4.69, 9.17) is 21.1 Å². The highest BCUT2D eigenvalue weighted by Gasteiger charge is 2.24. The molecular formula is C49H51ClN6O8. The van der Waals surface area contributed by atoms with E-state index in [-0.39, 0.29) is 54.3 Å². The molecule has 0 aliphatic carbocycles. The summed E-state index contributed by atoms with van der Waals surface area (Å²) in [5, 5.41) is 30.9. The number of rotatable bonds is 16. The first kappa shape index (κ1) is 45.3. The average Bonchev–Trinajstić information content (AvgIpc) is 3.30. The van der Waals surface area contributed by atoms with Crippen molar-refractivity contribution in [2.75, 3.05) is 55.9 Å². The van der Waals surface area contributed by atoms with Crippen molar-refractivity contribution in [3.63, 3.8) is 0 Å². The van der Waals surface area contributed by atoms with Crippen molar-refractivity contribution in [1.29, 1.82) is 0 Å². The first-order valence-electron chi connectivity index (χ1n) is 21.1. The number of aromatic amines is 1. The summed E-state index contributed by atoms with van der Waals surface area (Å²) in [5.41, 5.74) is 5.45. The lowest BCUT2D eigenvalue weighted by molar-refractivity contribution is -0.118. The van der Waals surface area contributed by atoms with Crippen LogP contribution in [0.5, 0.6) is 11.5 Å². The monoisotopic (exact) mass is 886 g/mol. The van der Waals surface area contributed by atoms with E-state index in [9.17, 15) is 29.4 Å². The van der Waals surface area contributed by atoms with Crippen LogP contribution in [0.1, 0.15) is 42.1 Å². The second-order valence-corrected chi connectivity index (χ2v) is 16.1. The van der Waals surface area contributed by atoms with E-state index < -0.39 is 12.2 Å². The highest BCUT2D eigenvalue weighted by Crippen LogP contribution is 2.33. The van der Waals surface area contributed by atoms with Gasteiger partial charge in [-0.3, -0.25) is 19.7 Å². The molecule has 1 fully saturated rings. The van der Waals surface area contributed by atoms with Gasteiger partial charge in [0, 0.05) is 80.5 Å². The molecule has 6 N–H and O–H groups in total. The van der Waals surface area contributed by atoms with E-state index in [2.05, 4.69) is 25.8 Å². The minimum Gasteiger partial charge on any atom is -0.506 e. The molecule has 15 heteroatoms. The summed E-state index contributed by atoms with van der Waals surface area (Å²) < 4.78 is 11.4. The van der Waals surface area contributed by atoms with Gasteiger partial charge in [0.1, 0.15) is 17.6 Å². The molecule has 64 heavy (non-hydrogen) atoms. The van der Waals surface area contributed by atoms with E-state index in [0.717, 1.165) is 11.1 Å². The second-order valence-electron chi connectivity index (χ2n) is 15.7. The van der Waals surface area contributed by atoms with Crippen LogP contribution in [-0.2, 0) is 27.3 Å². The Kier molecular flexibility index (Phi) is 14.9. The van der Waals surface area contributed by atoms with E-state index in [1.807, 2.05) is 78.9 Å². The Hall–Kier alpha value is -6.71. The molecule has 14 nitrogen and oxygen atoms in total. The SMILES string of the molecule is COc1cc(NC(=O)Cc2cccc(N(C)C(=O)CCN3CCC(OC(=O)Nc4ccccc4-c4ccccc4)CC3)c2)c(Cl)cc1CNCC(O)c1ccc(O)c2[nH]c(=O)ccc12. The zero-order valence-electron chi connectivity index (χ0n) is 35.6. The number of amides is 3. The highest BCUT2D eigenvalue weighted by atomic mass is 35.5. The van der Waals surface area contributed by atoms with Crippen LogP contribution in [0.15, 0.2) is 120 Å². The molecule has 0 saturated carbocycles. The van der Waals surface area contributed by atoms with Crippen LogP contribution in [0.3, 0.4) is 0 Å². The number of phenolic OH excluding ortho intramolecular Hbond substituents is 1. The predicted octanol–water partition coefficient (Wildman–Crippen LogP) is 7.63. The lowest BCUT2D eigenvalue weighted by Gasteiger charge is -2.31. The Morgan fingerprint density at radius 1 is 0.906 bits per heavy atom. The summed E-state index contributed by atoms with van der Waals surface area (Å²) in [6.45, 7) is 2.38. The average molecular weight is 887 g/mol. The van der Waals surface area contributed by atoms with Crippen molar-refractivity contribution in [3.8, 4) is 22.6 Å². The Labute approximate surface area is 375 Å². The van der Waals surface area contributed by atoms with Gasteiger partial charge in [0.15, 0.2) is 0 Å². The minimum absolute atomic E-state index is 0.0319. The molecule has 0 spiro atoms. The third-order valence-electron chi connectivity index (χ3n) is 11.3. The van der Waals surface area contributed by atoms with Crippen LogP contribution in [0.25, 0.3) is 22.0 Å². The molecule has 0 bridgehead atoms. The second kappa shape index (κ2) is 21.1. The maximum atomic E-state index is 13.3. The molecule has 1 aliphatic heterocycles. The number of likely N-dealkylation sites (tertiary alicyclic amines) is 1. The molecule has 332 valence electrons. The number of hydrogen-bond acceptors (Lipinski definition) is 10. The summed E-state index contributed by atoms with van der Waals surface area (Å²) >= 11 is 6.63. The smallest absolute Gasteiger partial charge is 0.411 e. The third kappa shape index (κ3) is 11.5. The summed E-state index contributed by atoms with van der Waals surface area (Å²) in [6.07, 6.45) is -0.00133. The number of aliphatic hydroxyl groups is 1. The van der Waals surface area contributed by atoms with Crippen LogP contribution < -0.4 is 31.1 Å². The number of nitrogens with zero attached hydrogens (tertiary/aromatic N) is 2. The largest absolute Gasteiger partial charge is 0.506 e. The molecule has 1 aliphatic rings. The normalized spacial score (nSPS) is 13.6. The molecule has 1 unspecified atom stereocenters. The minimum atomic E-state index is -0.959. The van der Waals surface area contributed by atoms with Gasteiger partial charge in [-0.1, -0.05) is 78.3 Å². The van der Waals surface area contributed by atoms with E-state index >= 15 is 0 Å². The number of aliphatic hydroxyl groups excluding tert-OH is 1. The number of halogens is 1. The molecule has 3 amide bonds. The third-order valence-corrected chi connectivity index (χ3v) is 11.6. The number of carbonyl (C=O) groups is 3. The quantitative estimate of drug-likeness (QED) is 0.0565. The fourth-order valence-corrected chi connectivity index (χ4v) is 8.08. The molecule has 0 radical (unpaired) electrons. The number of pyridine rings is 1. The van der Waals surface area contributed by atoms with Crippen molar-refractivity contribution in [2.24, 2.45) is 0 Å². The molecule has 1 atom stereocenters. The Morgan fingerprint density at radius 3 is 2.45 bits per heavy atom. The molecule has 2 heterocycles. The van der Waals surface area contributed by atoms with Gasteiger partial charge in [0.25, 0.3) is 0 Å². The van der Waals surface area contributed by atoms with Gasteiger partial charge in [0.05, 0.1) is 41.5 Å². The molecule has 7 rings (SSSR count). The number of benzene rings is 5. The topological polar surface area (TPSA) is 186 Å². The van der Waals surface area contributed by atoms with Crippen LogP contribution in [-0.4, -0.2) is 84.4 Å². The lowest BCUT2D eigenvalue weighted by atomic mass is 10.0. The summed E-state index contributed by atoms with van der Waals surface area (Å²) in [6, 6.07) is 34.0. The van der Waals surface area contributed by atoms with Crippen molar-refractivity contribution in [1.82, 2.24) is 15.2 Å². The number of piperidine rings is 1. The van der Waals surface area contributed by atoms with Crippen molar-refractivity contribution in [3.05, 3.63) is 147 Å². The zero-order chi connectivity index (χ0) is 45.2. The fraction of sp³-hybridized carbons (Fsp3) is 0.265. The lowest BCUT2D eigenvalue weighted by Crippen LogP contribution is -2.40. The number of hydrogen-bond donors (Lipinski definition) is 6. The number of para-hydroxylation sites is 1. The number of methoxy groups -OCH3 is 1. The van der Waals surface area contributed by atoms with Crippen LogP contribution >= 0.6 is 11.6 Å². The highest BCUT2D eigenvalue weighted by molar-refractivity contribution is 6.33. The van der Waals surface area contributed by atoms with Gasteiger partial charge in [-0.25, -0.2) is 4.79 Å². The molecule has 1 saturated heterocycles. The van der Waals surface area contributed by atoms with Gasteiger partial charge in [-0.05, 0) is 65.9 Å². The summed E-state index contributed by atoms with van der Waals surface area (Å²) in [5.74, 6) is 0.00348. The number of aromatic nitrogens is 1. The summed E-state index contributed by atoms with van der Waals surface area (Å²) in [7, 11) is 3.23. The molecule has 5 aromatic carbocycles. The van der Waals surface area contributed by atoms with Crippen LogP contribution in [0.2, 0.25) is 5.02 Å². The van der Waals surface area contributed by atoms with Gasteiger partial charge in [-0.2, -0.15) is 0 Å². The number of carbonyl (C=O) groups excluding carboxylic acids is 3.